The summed E-state index contributed by atoms with van der Waals surface area (Å²) in [5.41, 5.74) is 0.413. The first-order chi connectivity index (χ1) is 18.6. The second-order valence-corrected chi connectivity index (χ2v) is 11.3. The highest BCUT2D eigenvalue weighted by atomic mass is 16.6. The molecule has 1 N–H and O–H groups in total. The van der Waals surface area contributed by atoms with Gasteiger partial charge < -0.3 is 19.5 Å². The zero-order valence-electron chi connectivity index (χ0n) is 22.1. The lowest BCUT2D eigenvalue weighted by atomic mass is 9.83. The van der Waals surface area contributed by atoms with Gasteiger partial charge in [-0.1, -0.05) is 73.2 Å². The monoisotopic (exact) mass is 511 g/mol. The molecule has 38 heavy (non-hydrogen) atoms. The number of fused-ring (bicyclic) bond motifs is 4. The number of unbranched alkanes of at least 4 members (excludes halogenated alkanes) is 2. The van der Waals surface area contributed by atoms with E-state index in [-0.39, 0.29) is 6.10 Å². The number of carbonyl (C=O) groups is 1. The maximum atomic E-state index is 13.8. The normalized spacial score (nSPS) is 24.5. The van der Waals surface area contributed by atoms with Crippen LogP contribution in [0.5, 0.6) is 11.5 Å². The summed E-state index contributed by atoms with van der Waals surface area (Å²) in [6.45, 7) is 1.06. The van der Waals surface area contributed by atoms with Gasteiger partial charge in [-0.05, 0) is 75.7 Å². The third-order valence-corrected chi connectivity index (χ3v) is 8.96. The summed E-state index contributed by atoms with van der Waals surface area (Å²) in [7, 11) is 2.23. The minimum absolute atomic E-state index is 0.169. The third kappa shape index (κ3) is 4.52. The first kappa shape index (κ1) is 25.1. The molecule has 2 aliphatic carbocycles. The molecule has 6 rings (SSSR count). The average Bonchev–Trinajstić information content (AvgIpc) is 3.51. The molecule has 3 aromatic carbocycles. The Hall–Kier alpha value is -3.15. The molecule has 2 bridgehead atoms. The predicted molar refractivity (Wildman–Crippen MR) is 147 cm³/mol. The summed E-state index contributed by atoms with van der Waals surface area (Å²) >= 11 is 0. The molecule has 2 saturated carbocycles. The molecule has 0 spiro atoms. The van der Waals surface area contributed by atoms with Crippen LogP contribution in [0.3, 0.4) is 0 Å². The van der Waals surface area contributed by atoms with E-state index in [2.05, 4.69) is 42.3 Å². The first-order valence-electron chi connectivity index (χ1n) is 14.1. The molecule has 0 amide bonds. The van der Waals surface area contributed by atoms with Crippen LogP contribution in [0.4, 0.5) is 0 Å². The first-order valence-corrected chi connectivity index (χ1v) is 14.1. The maximum Gasteiger partial charge on any atom is 0.348 e. The molecule has 0 aromatic heterocycles. The Morgan fingerprint density at radius 2 is 1.58 bits per heavy atom. The van der Waals surface area contributed by atoms with Crippen LogP contribution in [0.15, 0.2) is 78.9 Å². The number of carbonyl (C=O) groups excluding carboxylic acids is 1. The fourth-order valence-corrected chi connectivity index (χ4v) is 7.13. The fraction of sp³-hybridized carbons (Fsp3) is 0.424. The molecular weight excluding hydrogens is 474 g/mol. The van der Waals surface area contributed by atoms with Crippen molar-refractivity contribution >= 4 is 5.97 Å². The van der Waals surface area contributed by atoms with Gasteiger partial charge in [0.05, 0.1) is 0 Å². The van der Waals surface area contributed by atoms with Crippen LogP contribution < -0.4 is 4.74 Å². The number of esters is 1. The van der Waals surface area contributed by atoms with Gasteiger partial charge in [-0.2, -0.15) is 0 Å². The molecule has 1 heterocycles. The van der Waals surface area contributed by atoms with Crippen LogP contribution in [0.1, 0.15) is 55.2 Å². The van der Waals surface area contributed by atoms with Crippen LogP contribution in [0, 0.1) is 11.8 Å². The van der Waals surface area contributed by atoms with Crippen LogP contribution in [-0.4, -0.2) is 41.7 Å². The van der Waals surface area contributed by atoms with Crippen molar-refractivity contribution < 1.29 is 19.4 Å². The number of hydrogen-bond donors (Lipinski definition) is 1. The predicted octanol–water partition coefficient (Wildman–Crippen LogP) is 6.08. The molecule has 3 aliphatic rings. The van der Waals surface area contributed by atoms with Crippen molar-refractivity contribution in [3.05, 3.63) is 95.6 Å². The quantitative estimate of drug-likeness (QED) is 0.279. The van der Waals surface area contributed by atoms with Gasteiger partial charge in [0, 0.05) is 23.1 Å². The number of rotatable bonds is 9. The number of ether oxygens (including phenoxy) is 2. The smallest absolute Gasteiger partial charge is 0.348 e. The van der Waals surface area contributed by atoms with Gasteiger partial charge in [-0.25, -0.2) is 4.79 Å². The highest BCUT2D eigenvalue weighted by molar-refractivity contribution is 5.88. The summed E-state index contributed by atoms with van der Waals surface area (Å²) in [5.74, 6) is 1.23. The Bertz CT molecular complexity index is 1230. The molecule has 5 heteroatoms. The summed E-state index contributed by atoms with van der Waals surface area (Å²) in [4.78, 5) is 16.3. The molecule has 5 nitrogen and oxygen atoms in total. The van der Waals surface area contributed by atoms with Crippen molar-refractivity contribution in [2.75, 3.05) is 13.6 Å². The minimum atomic E-state index is -1.88. The van der Waals surface area contributed by atoms with Crippen LogP contribution in [0.25, 0.3) is 0 Å². The second-order valence-electron chi connectivity index (χ2n) is 11.3. The lowest BCUT2D eigenvalue weighted by Gasteiger charge is -2.35. The van der Waals surface area contributed by atoms with Gasteiger partial charge >= 0.3 is 5.97 Å². The highest BCUT2D eigenvalue weighted by Crippen LogP contribution is 2.51. The summed E-state index contributed by atoms with van der Waals surface area (Å²) < 4.78 is 12.2. The van der Waals surface area contributed by atoms with Crippen molar-refractivity contribution in [1.29, 1.82) is 0 Å². The SMILES string of the molecule is CN(CCCCCc1ccccc1)C1C2CCC1C(OC(=O)C1(O)c3ccccc3Oc3ccccc31)C2. The molecule has 4 atom stereocenters. The number of aliphatic hydroxyl groups is 1. The lowest BCUT2D eigenvalue weighted by molar-refractivity contribution is -0.171. The van der Waals surface area contributed by atoms with Crippen molar-refractivity contribution in [1.82, 2.24) is 4.90 Å². The molecule has 4 unspecified atom stereocenters. The molecule has 1 aliphatic heterocycles. The van der Waals surface area contributed by atoms with Crippen molar-refractivity contribution in [2.45, 2.75) is 62.7 Å². The summed E-state index contributed by atoms with van der Waals surface area (Å²) in [6, 6.07) is 25.5. The standard InChI is InChI=1S/C33H37NO4/c1-34(21-11-3-6-14-23-12-4-2-5-13-23)31-24-19-20-25(31)30(22-24)38-32(35)33(36)26-15-7-9-17-28(26)37-29-18-10-8-16-27(29)33/h2,4-5,7-10,12-13,15-18,24-25,30-31,36H,3,6,11,14,19-22H2,1H3. The lowest BCUT2D eigenvalue weighted by Crippen LogP contribution is -2.44. The molecule has 3 aromatic rings. The van der Waals surface area contributed by atoms with Gasteiger partial charge in [0.1, 0.15) is 17.6 Å². The second kappa shape index (κ2) is 10.5. The maximum absolute atomic E-state index is 13.8. The molecular formula is C33H37NO4. The van der Waals surface area contributed by atoms with E-state index >= 15 is 0 Å². The number of nitrogens with zero attached hydrogens (tertiary/aromatic N) is 1. The molecule has 2 fully saturated rings. The Morgan fingerprint density at radius 1 is 0.921 bits per heavy atom. The van der Waals surface area contributed by atoms with Gasteiger partial charge in [0.15, 0.2) is 0 Å². The van der Waals surface area contributed by atoms with E-state index in [4.69, 9.17) is 9.47 Å². The Balaban J connectivity index is 1.10. The van der Waals surface area contributed by atoms with E-state index in [1.807, 2.05) is 24.3 Å². The van der Waals surface area contributed by atoms with E-state index < -0.39 is 11.6 Å². The topological polar surface area (TPSA) is 59.0 Å². The zero-order chi connectivity index (χ0) is 26.1. The third-order valence-electron chi connectivity index (χ3n) is 8.96. The zero-order valence-corrected chi connectivity index (χ0v) is 22.1. The molecule has 0 saturated heterocycles. The van der Waals surface area contributed by atoms with Crippen LogP contribution in [0.2, 0.25) is 0 Å². The largest absolute Gasteiger partial charge is 0.459 e. The average molecular weight is 512 g/mol. The number of aryl methyl sites for hydroxylation is 1. The summed E-state index contributed by atoms with van der Waals surface area (Å²) in [5, 5.41) is 11.9. The van der Waals surface area contributed by atoms with Crippen LogP contribution in [-0.2, 0) is 21.6 Å². The van der Waals surface area contributed by atoms with Crippen molar-refractivity contribution in [3.8, 4) is 11.5 Å². The Morgan fingerprint density at radius 3 is 2.29 bits per heavy atom. The van der Waals surface area contributed by atoms with E-state index in [0.717, 1.165) is 25.8 Å². The van der Waals surface area contributed by atoms with Crippen LogP contribution >= 0.6 is 0 Å². The number of para-hydroxylation sites is 2. The minimum Gasteiger partial charge on any atom is -0.459 e. The highest BCUT2D eigenvalue weighted by Gasteiger charge is 2.54. The van der Waals surface area contributed by atoms with Gasteiger partial charge in [0.25, 0.3) is 0 Å². The number of benzene rings is 3. The van der Waals surface area contributed by atoms with E-state index in [1.165, 1.54) is 31.2 Å². The van der Waals surface area contributed by atoms with Gasteiger partial charge in [0.2, 0.25) is 5.60 Å². The van der Waals surface area contributed by atoms with E-state index in [9.17, 15) is 9.90 Å². The van der Waals surface area contributed by atoms with Crippen molar-refractivity contribution in [2.24, 2.45) is 11.8 Å². The Labute approximate surface area is 225 Å². The van der Waals surface area contributed by atoms with Crippen molar-refractivity contribution in [3.63, 3.8) is 0 Å². The Kier molecular flexibility index (Phi) is 6.98. The molecule has 0 radical (unpaired) electrons. The number of hydrogen-bond acceptors (Lipinski definition) is 5. The summed E-state index contributed by atoms with van der Waals surface area (Å²) in [6.07, 6.45) is 7.70. The van der Waals surface area contributed by atoms with Gasteiger partial charge in [-0.3, -0.25) is 0 Å². The van der Waals surface area contributed by atoms with E-state index in [1.54, 1.807) is 24.3 Å². The molecule has 198 valence electrons. The van der Waals surface area contributed by atoms with E-state index in [0.29, 0.717) is 40.5 Å². The fourth-order valence-electron chi connectivity index (χ4n) is 7.13. The van der Waals surface area contributed by atoms with Gasteiger partial charge in [-0.15, -0.1) is 0 Å².